The first-order valence-corrected chi connectivity index (χ1v) is 5.02. The van der Waals surface area contributed by atoms with Crippen LogP contribution in [0.4, 0.5) is 0 Å². The van der Waals surface area contributed by atoms with E-state index in [0.29, 0.717) is 0 Å². The molecule has 0 radical (unpaired) electrons. The maximum Gasteiger partial charge on any atom is 0.0991 e. The summed E-state index contributed by atoms with van der Waals surface area (Å²) in [6.07, 6.45) is 0.988. The summed E-state index contributed by atoms with van der Waals surface area (Å²) in [5.41, 5.74) is 3.56. The third kappa shape index (κ3) is 2.14. The van der Waals surface area contributed by atoms with Crippen LogP contribution in [-0.4, -0.2) is 0 Å². The molecule has 0 fully saturated rings. The summed E-state index contributed by atoms with van der Waals surface area (Å²) in [4.78, 5) is 0. The van der Waals surface area contributed by atoms with E-state index in [1.54, 1.807) is 0 Å². The largest absolute Gasteiger partial charge is 0.192 e. The molecule has 1 nitrogen and oxygen atoms in total. The monoisotopic (exact) mass is 187 g/mol. The molecule has 0 spiro atoms. The second-order valence-corrected chi connectivity index (χ2v) is 4.59. The fourth-order valence-electron chi connectivity index (χ4n) is 1.69. The quantitative estimate of drug-likeness (QED) is 0.661. The molecule has 0 bridgehead atoms. The fraction of sp³-hybridized carbons (Fsp3) is 0.462. The van der Waals surface area contributed by atoms with Crippen LogP contribution in [0.1, 0.15) is 44.4 Å². The lowest BCUT2D eigenvalue weighted by Crippen LogP contribution is -2.14. The molecule has 74 valence electrons. The van der Waals surface area contributed by atoms with Gasteiger partial charge in [0.1, 0.15) is 0 Å². The number of benzene rings is 1. The molecule has 1 aromatic rings. The Bertz CT molecular complexity index is 364. The van der Waals surface area contributed by atoms with Crippen molar-refractivity contribution in [1.82, 2.24) is 0 Å². The predicted molar refractivity (Wildman–Crippen MR) is 59.2 cm³/mol. The molecule has 0 saturated heterocycles. The van der Waals surface area contributed by atoms with E-state index in [1.165, 1.54) is 11.1 Å². The van der Waals surface area contributed by atoms with Crippen LogP contribution in [0, 0.1) is 11.3 Å². The Kier molecular flexibility index (Phi) is 2.96. The van der Waals surface area contributed by atoms with Crippen LogP contribution in [0.2, 0.25) is 0 Å². The molecule has 0 aliphatic carbocycles. The lowest BCUT2D eigenvalue weighted by molar-refractivity contribution is 0.583. The van der Waals surface area contributed by atoms with Gasteiger partial charge in [-0.1, -0.05) is 33.8 Å². The highest BCUT2D eigenvalue weighted by Crippen LogP contribution is 2.26. The average molecular weight is 187 g/mol. The first kappa shape index (κ1) is 10.8. The summed E-state index contributed by atoms with van der Waals surface area (Å²) in [5, 5.41) is 8.80. The minimum Gasteiger partial charge on any atom is -0.192 e. The van der Waals surface area contributed by atoms with Gasteiger partial charge in [0.15, 0.2) is 0 Å². The van der Waals surface area contributed by atoms with E-state index in [-0.39, 0.29) is 5.41 Å². The lowest BCUT2D eigenvalue weighted by Gasteiger charge is -2.22. The number of hydrogen-bond acceptors (Lipinski definition) is 1. The number of hydrogen-bond donors (Lipinski definition) is 0. The smallest absolute Gasteiger partial charge is 0.0991 e. The van der Waals surface area contributed by atoms with E-state index < -0.39 is 0 Å². The predicted octanol–water partition coefficient (Wildman–Crippen LogP) is 3.42. The molecule has 0 unspecified atom stereocenters. The van der Waals surface area contributed by atoms with Gasteiger partial charge in [0.05, 0.1) is 11.6 Å². The van der Waals surface area contributed by atoms with E-state index in [4.69, 9.17) is 5.26 Å². The lowest BCUT2D eigenvalue weighted by atomic mass is 9.82. The van der Waals surface area contributed by atoms with Crippen LogP contribution < -0.4 is 0 Å². The summed E-state index contributed by atoms with van der Waals surface area (Å²) in [6.45, 7) is 8.74. The fourth-order valence-corrected chi connectivity index (χ4v) is 1.69. The molecular weight excluding hydrogens is 170 g/mol. The zero-order valence-electron chi connectivity index (χ0n) is 9.39. The van der Waals surface area contributed by atoms with Crippen molar-refractivity contribution < 1.29 is 0 Å². The maximum absolute atomic E-state index is 8.80. The summed E-state index contributed by atoms with van der Waals surface area (Å²) in [6, 6.07) is 8.16. The SMILES string of the molecule is CCc1cc(C#N)ccc1C(C)(C)C. The normalized spacial score (nSPS) is 11.1. The number of nitrogens with zero attached hydrogens (tertiary/aromatic N) is 1. The molecule has 1 heteroatoms. The molecule has 0 aliphatic rings. The Labute approximate surface area is 86.4 Å². The zero-order valence-corrected chi connectivity index (χ0v) is 9.39. The van der Waals surface area contributed by atoms with Gasteiger partial charge in [0, 0.05) is 0 Å². The van der Waals surface area contributed by atoms with E-state index in [1.807, 2.05) is 12.1 Å². The first-order valence-electron chi connectivity index (χ1n) is 5.02. The van der Waals surface area contributed by atoms with Crippen molar-refractivity contribution in [3.63, 3.8) is 0 Å². The topological polar surface area (TPSA) is 23.8 Å². The van der Waals surface area contributed by atoms with E-state index in [9.17, 15) is 0 Å². The van der Waals surface area contributed by atoms with Gasteiger partial charge in [-0.2, -0.15) is 5.26 Å². The summed E-state index contributed by atoms with van der Waals surface area (Å²) < 4.78 is 0. The van der Waals surface area contributed by atoms with Crippen molar-refractivity contribution in [2.45, 2.75) is 39.5 Å². The Morgan fingerprint density at radius 2 is 1.93 bits per heavy atom. The Morgan fingerprint density at radius 3 is 2.36 bits per heavy atom. The van der Waals surface area contributed by atoms with Crippen molar-refractivity contribution in [1.29, 1.82) is 5.26 Å². The van der Waals surface area contributed by atoms with Gasteiger partial charge < -0.3 is 0 Å². The second kappa shape index (κ2) is 3.84. The Morgan fingerprint density at radius 1 is 1.29 bits per heavy atom. The van der Waals surface area contributed by atoms with Crippen LogP contribution in [-0.2, 0) is 11.8 Å². The summed E-state index contributed by atoms with van der Waals surface area (Å²) >= 11 is 0. The highest BCUT2D eigenvalue weighted by Gasteiger charge is 2.16. The maximum atomic E-state index is 8.80. The summed E-state index contributed by atoms with van der Waals surface area (Å²) in [7, 11) is 0. The molecule has 0 saturated carbocycles. The van der Waals surface area contributed by atoms with Crippen molar-refractivity contribution in [2.75, 3.05) is 0 Å². The van der Waals surface area contributed by atoms with E-state index in [2.05, 4.69) is 39.8 Å². The molecular formula is C13H17N. The third-order valence-corrected chi connectivity index (χ3v) is 2.42. The molecule has 1 rings (SSSR count). The van der Waals surface area contributed by atoms with Gasteiger partial charge >= 0.3 is 0 Å². The van der Waals surface area contributed by atoms with Crippen molar-refractivity contribution in [3.8, 4) is 6.07 Å². The summed E-state index contributed by atoms with van der Waals surface area (Å²) in [5.74, 6) is 0. The molecule has 0 amide bonds. The standard InChI is InChI=1S/C13H17N/c1-5-11-8-10(9-14)6-7-12(11)13(2,3)4/h6-8H,5H2,1-4H3. The van der Waals surface area contributed by atoms with Crippen molar-refractivity contribution in [3.05, 3.63) is 34.9 Å². The molecule has 1 aromatic carbocycles. The Balaban J connectivity index is 3.27. The van der Waals surface area contributed by atoms with E-state index in [0.717, 1.165) is 12.0 Å². The average Bonchev–Trinajstić information content (AvgIpc) is 2.15. The second-order valence-electron chi connectivity index (χ2n) is 4.59. The van der Waals surface area contributed by atoms with Crippen LogP contribution in [0.25, 0.3) is 0 Å². The minimum atomic E-state index is 0.166. The van der Waals surface area contributed by atoms with Gasteiger partial charge in [0.2, 0.25) is 0 Å². The minimum absolute atomic E-state index is 0.166. The van der Waals surface area contributed by atoms with Crippen LogP contribution in [0.15, 0.2) is 18.2 Å². The highest BCUT2D eigenvalue weighted by atomic mass is 14.3. The molecule has 0 aromatic heterocycles. The Hall–Kier alpha value is -1.29. The highest BCUT2D eigenvalue weighted by molar-refractivity contribution is 5.41. The van der Waals surface area contributed by atoms with Crippen LogP contribution in [0.5, 0.6) is 0 Å². The van der Waals surface area contributed by atoms with Gasteiger partial charge in [-0.25, -0.2) is 0 Å². The van der Waals surface area contributed by atoms with Crippen LogP contribution >= 0.6 is 0 Å². The first-order chi connectivity index (χ1) is 6.49. The van der Waals surface area contributed by atoms with E-state index >= 15 is 0 Å². The molecule has 0 N–H and O–H groups in total. The van der Waals surface area contributed by atoms with Crippen molar-refractivity contribution >= 4 is 0 Å². The zero-order chi connectivity index (χ0) is 10.8. The van der Waals surface area contributed by atoms with Gasteiger partial charge in [-0.05, 0) is 35.1 Å². The molecule has 14 heavy (non-hydrogen) atoms. The van der Waals surface area contributed by atoms with Crippen molar-refractivity contribution in [2.24, 2.45) is 0 Å². The number of nitriles is 1. The van der Waals surface area contributed by atoms with Gasteiger partial charge in [-0.15, -0.1) is 0 Å². The molecule has 0 atom stereocenters. The number of aryl methyl sites for hydroxylation is 1. The molecule has 0 aliphatic heterocycles. The van der Waals surface area contributed by atoms with Crippen LogP contribution in [0.3, 0.4) is 0 Å². The van der Waals surface area contributed by atoms with Gasteiger partial charge in [-0.3, -0.25) is 0 Å². The van der Waals surface area contributed by atoms with Gasteiger partial charge in [0.25, 0.3) is 0 Å². The molecule has 0 heterocycles. The third-order valence-electron chi connectivity index (χ3n) is 2.42. The number of rotatable bonds is 1.